The minimum absolute atomic E-state index is 0.104. The zero-order chi connectivity index (χ0) is 14.0. The Labute approximate surface area is 123 Å². The molecule has 1 saturated heterocycles. The summed E-state index contributed by atoms with van der Waals surface area (Å²) in [5, 5.41) is 3.75. The minimum atomic E-state index is -2.95. The number of halogens is 1. The van der Waals surface area contributed by atoms with Crippen molar-refractivity contribution in [2.45, 2.75) is 18.9 Å². The van der Waals surface area contributed by atoms with Gasteiger partial charge in [0.15, 0.2) is 9.84 Å². The molecule has 1 aliphatic heterocycles. The first kappa shape index (κ1) is 14.6. The van der Waals surface area contributed by atoms with Gasteiger partial charge >= 0.3 is 0 Å². The van der Waals surface area contributed by atoms with Crippen molar-refractivity contribution in [3.8, 4) is 0 Å². The zero-order valence-corrected chi connectivity index (χ0v) is 12.6. The van der Waals surface area contributed by atoms with Crippen LogP contribution in [0.4, 0.5) is 5.69 Å². The van der Waals surface area contributed by atoms with Crippen molar-refractivity contribution in [2.24, 2.45) is 5.73 Å². The summed E-state index contributed by atoms with van der Waals surface area (Å²) in [5.41, 5.74) is 7.04. The van der Waals surface area contributed by atoms with E-state index in [1.165, 1.54) is 0 Å². The maximum Gasteiger partial charge on any atom is 0.152 e. The third-order valence-corrected chi connectivity index (χ3v) is 5.35. The van der Waals surface area contributed by atoms with E-state index in [1.54, 1.807) is 18.2 Å². The van der Waals surface area contributed by atoms with Crippen molar-refractivity contribution >= 4 is 44.3 Å². The zero-order valence-electron chi connectivity index (χ0n) is 10.2. The fourth-order valence-corrected chi connectivity index (χ4v) is 4.18. The summed E-state index contributed by atoms with van der Waals surface area (Å²) < 4.78 is 23.2. The van der Waals surface area contributed by atoms with Crippen LogP contribution in [0.3, 0.4) is 0 Å². The van der Waals surface area contributed by atoms with Crippen LogP contribution in [0.2, 0.25) is 5.02 Å². The van der Waals surface area contributed by atoms with Gasteiger partial charge in [0.1, 0.15) is 4.99 Å². The lowest BCUT2D eigenvalue weighted by Crippen LogP contribution is -2.35. The van der Waals surface area contributed by atoms with E-state index in [2.05, 4.69) is 5.32 Å². The van der Waals surface area contributed by atoms with E-state index in [1.807, 2.05) is 0 Å². The molecule has 0 aliphatic carbocycles. The summed E-state index contributed by atoms with van der Waals surface area (Å²) in [5.74, 6) is 0.417. The third-order valence-electron chi connectivity index (χ3n) is 3.07. The fourth-order valence-electron chi connectivity index (χ4n) is 2.20. The van der Waals surface area contributed by atoms with E-state index in [0.29, 0.717) is 17.0 Å². The first-order valence-corrected chi connectivity index (χ1v) is 8.54. The van der Waals surface area contributed by atoms with Crippen LogP contribution in [0, 0.1) is 0 Å². The molecule has 4 nitrogen and oxygen atoms in total. The van der Waals surface area contributed by atoms with Gasteiger partial charge in [0, 0.05) is 22.3 Å². The monoisotopic (exact) mass is 318 g/mol. The summed E-state index contributed by atoms with van der Waals surface area (Å²) in [7, 11) is -2.95. The standard InChI is InChI=1S/C12H15ClN2O2S2/c13-8-3-4-11(10(6-8)12(14)18)15-9-2-1-5-19(16,17)7-9/h3-4,6,9,15H,1-2,5,7H2,(H2,14,18). The summed E-state index contributed by atoms with van der Waals surface area (Å²) in [6.45, 7) is 0. The fraction of sp³-hybridized carbons (Fsp3) is 0.417. The third kappa shape index (κ3) is 3.81. The molecule has 7 heteroatoms. The molecule has 1 unspecified atom stereocenters. The average Bonchev–Trinajstić information content (AvgIpc) is 2.30. The van der Waals surface area contributed by atoms with E-state index in [4.69, 9.17) is 29.6 Å². The topological polar surface area (TPSA) is 72.2 Å². The molecule has 3 N–H and O–H groups in total. The Morgan fingerprint density at radius 1 is 1.47 bits per heavy atom. The molecule has 19 heavy (non-hydrogen) atoms. The molecule has 0 bridgehead atoms. The number of sulfone groups is 1. The van der Waals surface area contributed by atoms with E-state index in [9.17, 15) is 8.42 Å². The molecule has 1 aromatic rings. The van der Waals surface area contributed by atoms with Gasteiger partial charge in [-0.3, -0.25) is 0 Å². The lowest BCUT2D eigenvalue weighted by molar-refractivity contribution is 0.562. The van der Waals surface area contributed by atoms with Crippen LogP contribution < -0.4 is 11.1 Å². The lowest BCUT2D eigenvalue weighted by Gasteiger charge is -2.25. The van der Waals surface area contributed by atoms with Crippen LogP contribution in [-0.4, -0.2) is 31.0 Å². The van der Waals surface area contributed by atoms with Crippen molar-refractivity contribution in [3.05, 3.63) is 28.8 Å². The molecular formula is C12H15ClN2O2S2. The number of thiocarbonyl (C=S) groups is 1. The number of anilines is 1. The van der Waals surface area contributed by atoms with Gasteiger partial charge in [-0.1, -0.05) is 23.8 Å². The van der Waals surface area contributed by atoms with Crippen LogP contribution in [-0.2, 0) is 9.84 Å². The van der Waals surface area contributed by atoms with Crippen LogP contribution in [0.1, 0.15) is 18.4 Å². The highest BCUT2D eigenvalue weighted by molar-refractivity contribution is 7.91. The molecule has 0 spiro atoms. The van der Waals surface area contributed by atoms with E-state index in [-0.39, 0.29) is 22.5 Å². The maximum absolute atomic E-state index is 11.6. The Morgan fingerprint density at radius 2 is 2.21 bits per heavy atom. The highest BCUT2D eigenvalue weighted by atomic mass is 35.5. The van der Waals surface area contributed by atoms with Crippen molar-refractivity contribution in [3.63, 3.8) is 0 Å². The number of rotatable bonds is 3. The molecule has 1 heterocycles. The van der Waals surface area contributed by atoms with E-state index in [0.717, 1.165) is 12.1 Å². The smallest absolute Gasteiger partial charge is 0.152 e. The molecule has 0 radical (unpaired) electrons. The van der Waals surface area contributed by atoms with Gasteiger partial charge in [-0.15, -0.1) is 0 Å². The number of benzene rings is 1. The second kappa shape index (κ2) is 5.64. The van der Waals surface area contributed by atoms with Crippen molar-refractivity contribution in [2.75, 3.05) is 16.8 Å². The Bertz CT molecular complexity index is 602. The normalized spacial score (nSPS) is 21.8. The maximum atomic E-state index is 11.6. The van der Waals surface area contributed by atoms with Crippen LogP contribution in [0.15, 0.2) is 18.2 Å². The van der Waals surface area contributed by atoms with Gasteiger partial charge in [-0.2, -0.15) is 0 Å². The van der Waals surface area contributed by atoms with Gasteiger partial charge < -0.3 is 11.1 Å². The van der Waals surface area contributed by atoms with Crippen LogP contribution >= 0.6 is 23.8 Å². The number of hydrogen-bond donors (Lipinski definition) is 2. The molecule has 0 saturated carbocycles. The minimum Gasteiger partial charge on any atom is -0.389 e. The molecule has 1 aromatic carbocycles. The van der Waals surface area contributed by atoms with Gasteiger partial charge in [0.25, 0.3) is 0 Å². The highest BCUT2D eigenvalue weighted by Crippen LogP contribution is 2.24. The summed E-state index contributed by atoms with van der Waals surface area (Å²) >= 11 is 10.9. The number of nitrogens with two attached hydrogens (primary N) is 1. The van der Waals surface area contributed by atoms with Gasteiger partial charge in [0.2, 0.25) is 0 Å². The molecule has 104 valence electrons. The second-order valence-electron chi connectivity index (χ2n) is 4.65. The SMILES string of the molecule is NC(=S)c1cc(Cl)ccc1NC1CCCS(=O)(=O)C1. The Balaban J connectivity index is 2.21. The van der Waals surface area contributed by atoms with Crippen molar-refractivity contribution < 1.29 is 8.42 Å². The molecule has 1 fully saturated rings. The largest absolute Gasteiger partial charge is 0.389 e. The summed E-state index contributed by atoms with van der Waals surface area (Å²) in [4.78, 5) is 0.240. The second-order valence-corrected chi connectivity index (χ2v) is 7.76. The average molecular weight is 319 g/mol. The molecule has 1 atom stereocenters. The Kier molecular flexibility index (Phi) is 4.32. The van der Waals surface area contributed by atoms with Crippen molar-refractivity contribution in [1.82, 2.24) is 0 Å². The molecule has 0 amide bonds. The van der Waals surface area contributed by atoms with Gasteiger partial charge in [-0.25, -0.2) is 8.42 Å². The highest BCUT2D eigenvalue weighted by Gasteiger charge is 2.25. The Morgan fingerprint density at radius 3 is 2.84 bits per heavy atom. The molecular weight excluding hydrogens is 304 g/mol. The number of nitrogens with one attached hydrogen (secondary N) is 1. The quantitative estimate of drug-likeness (QED) is 0.834. The predicted octanol–water partition coefficient (Wildman–Crippen LogP) is 1.96. The van der Waals surface area contributed by atoms with Crippen LogP contribution in [0.5, 0.6) is 0 Å². The first-order valence-electron chi connectivity index (χ1n) is 5.94. The van der Waals surface area contributed by atoms with Gasteiger partial charge in [-0.05, 0) is 31.0 Å². The molecule has 1 aliphatic rings. The van der Waals surface area contributed by atoms with Gasteiger partial charge in [0.05, 0.1) is 11.5 Å². The first-order chi connectivity index (χ1) is 8.87. The number of hydrogen-bond acceptors (Lipinski definition) is 4. The summed E-state index contributed by atoms with van der Waals surface area (Å²) in [6, 6.07) is 5.08. The van der Waals surface area contributed by atoms with Crippen LogP contribution in [0.25, 0.3) is 0 Å². The predicted molar refractivity (Wildman–Crippen MR) is 82.6 cm³/mol. The van der Waals surface area contributed by atoms with E-state index >= 15 is 0 Å². The molecule has 2 rings (SSSR count). The lowest BCUT2D eigenvalue weighted by atomic mass is 10.1. The van der Waals surface area contributed by atoms with Crippen molar-refractivity contribution in [1.29, 1.82) is 0 Å². The summed E-state index contributed by atoms with van der Waals surface area (Å²) in [6.07, 6.45) is 1.49. The Hall–Kier alpha value is -0.850. The van der Waals surface area contributed by atoms with E-state index < -0.39 is 9.84 Å². The molecule has 0 aromatic heterocycles.